The molecule has 0 radical (unpaired) electrons. The van der Waals surface area contributed by atoms with Gasteiger partial charge in [-0.2, -0.15) is 4.31 Å². The number of hydrogen-bond donors (Lipinski definition) is 2. The number of imide groups is 1. The summed E-state index contributed by atoms with van der Waals surface area (Å²) in [6.45, 7) is 4.25. The Bertz CT molecular complexity index is 814. The molecule has 9 nitrogen and oxygen atoms in total. The maximum atomic E-state index is 12.5. The number of benzene rings is 1. The van der Waals surface area contributed by atoms with Crippen LogP contribution in [-0.2, 0) is 19.6 Å². The average molecular weight is 397 g/mol. The van der Waals surface area contributed by atoms with E-state index in [0.29, 0.717) is 13.1 Å². The number of carbonyl (C=O) groups is 3. The first-order valence-electron chi connectivity index (χ1n) is 8.54. The van der Waals surface area contributed by atoms with Gasteiger partial charge in [-0.25, -0.2) is 18.0 Å². The number of carbonyl (C=O) groups excluding carboxylic acids is 3. The van der Waals surface area contributed by atoms with Gasteiger partial charge in [0.25, 0.3) is 5.91 Å². The average Bonchev–Trinajstić information content (AvgIpc) is 3.14. The van der Waals surface area contributed by atoms with Gasteiger partial charge in [0.2, 0.25) is 10.0 Å². The molecule has 1 aliphatic rings. The molecule has 1 aromatic carbocycles. The molecule has 3 N–H and O–H groups in total. The van der Waals surface area contributed by atoms with Crippen LogP contribution in [0.2, 0.25) is 0 Å². The smallest absolute Gasteiger partial charge is 0.338 e. The molecule has 2 rings (SSSR count). The fourth-order valence-corrected chi connectivity index (χ4v) is 4.23. The minimum Gasteiger partial charge on any atom is -0.448 e. The topological polar surface area (TPSA) is 136 Å². The Labute approximate surface area is 157 Å². The summed E-state index contributed by atoms with van der Waals surface area (Å²) in [5.74, 6) is -2.03. The molecular weight excluding hydrogens is 374 g/mol. The summed E-state index contributed by atoms with van der Waals surface area (Å²) >= 11 is 0. The lowest BCUT2D eigenvalue weighted by Crippen LogP contribution is -2.45. The highest BCUT2D eigenvalue weighted by molar-refractivity contribution is 7.89. The number of nitrogens with two attached hydrogens (primary N) is 1. The normalized spacial score (nSPS) is 16.1. The van der Waals surface area contributed by atoms with Crippen molar-refractivity contribution in [3.63, 3.8) is 0 Å². The Hall–Kier alpha value is -2.46. The number of esters is 1. The van der Waals surface area contributed by atoms with Gasteiger partial charge < -0.3 is 10.5 Å². The van der Waals surface area contributed by atoms with Gasteiger partial charge >= 0.3 is 12.0 Å². The molecular formula is C17H23N3O6S. The van der Waals surface area contributed by atoms with E-state index in [2.05, 4.69) is 0 Å². The molecule has 0 aromatic heterocycles. The van der Waals surface area contributed by atoms with E-state index in [-0.39, 0.29) is 10.5 Å². The van der Waals surface area contributed by atoms with E-state index in [1.165, 1.54) is 28.6 Å². The zero-order chi connectivity index (χ0) is 20.2. The van der Waals surface area contributed by atoms with Crippen molar-refractivity contribution < 1.29 is 27.5 Å². The summed E-state index contributed by atoms with van der Waals surface area (Å²) in [5.41, 5.74) is 5.00. The molecule has 27 heavy (non-hydrogen) atoms. The molecule has 0 saturated carbocycles. The molecule has 1 atom stereocenters. The van der Waals surface area contributed by atoms with E-state index in [9.17, 15) is 22.8 Å². The highest BCUT2D eigenvalue weighted by Gasteiger charge is 2.29. The lowest BCUT2D eigenvalue weighted by Gasteiger charge is -2.20. The second-order valence-corrected chi connectivity index (χ2v) is 8.50. The Balaban J connectivity index is 2.12. The van der Waals surface area contributed by atoms with Crippen LogP contribution >= 0.6 is 0 Å². The van der Waals surface area contributed by atoms with Crippen molar-refractivity contribution in [2.45, 2.75) is 37.7 Å². The van der Waals surface area contributed by atoms with Crippen molar-refractivity contribution >= 4 is 27.9 Å². The van der Waals surface area contributed by atoms with Gasteiger partial charge in [0.15, 0.2) is 6.10 Å². The van der Waals surface area contributed by atoms with Crippen LogP contribution in [0.5, 0.6) is 0 Å². The quantitative estimate of drug-likeness (QED) is 0.683. The van der Waals surface area contributed by atoms with Crippen LogP contribution in [0.4, 0.5) is 4.79 Å². The lowest BCUT2D eigenvalue weighted by molar-refractivity contribution is -0.130. The number of ether oxygens (including phenoxy) is 1. The minimum absolute atomic E-state index is 0.0906. The van der Waals surface area contributed by atoms with Crippen molar-refractivity contribution in [1.29, 1.82) is 0 Å². The molecule has 0 bridgehead atoms. The summed E-state index contributed by atoms with van der Waals surface area (Å²) in [5, 5.41) is 1.88. The van der Waals surface area contributed by atoms with Gasteiger partial charge in [0.05, 0.1) is 10.5 Å². The van der Waals surface area contributed by atoms with Crippen LogP contribution in [0.15, 0.2) is 29.2 Å². The number of rotatable bonds is 6. The van der Waals surface area contributed by atoms with Crippen LogP contribution in [0.1, 0.15) is 37.0 Å². The zero-order valence-electron chi connectivity index (χ0n) is 15.2. The monoisotopic (exact) mass is 397 g/mol. The SMILES string of the molecule is CC(C)[C@@H](OC(=O)c1ccc(S(=O)(=O)N2CCCC2)cc1)C(=O)NC(N)=O. The summed E-state index contributed by atoms with van der Waals surface area (Å²) < 4.78 is 31.5. The molecule has 0 spiro atoms. The second-order valence-electron chi connectivity index (χ2n) is 6.56. The van der Waals surface area contributed by atoms with Crippen molar-refractivity contribution in [3.05, 3.63) is 29.8 Å². The Morgan fingerprint density at radius 1 is 1.11 bits per heavy atom. The largest absolute Gasteiger partial charge is 0.448 e. The maximum Gasteiger partial charge on any atom is 0.338 e. The zero-order valence-corrected chi connectivity index (χ0v) is 16.0. The predicted molar refractivity (Wildman–Crippen MR) is 96.2 cm³/mol. The molecule has 3 amide bonds. The van der Waals surface area contributed by atoms with Gasteiger partial charge in [0, 0.05) is 13.1 Å². The first-order valence-corrected chi connectivity index (χ1v) is 9.98. The molecule has 1 aromatic rings. The summed E-state index contributed by atoms with van der Waals surface area (Å²) in [6, 6.07) is 4.28. The third kappa shape index (κ3) is 5.04. The van der Waals surface area contributed by atoms with Crippen LogP contribution in [0, 0.1) is 5.92 Å². The molecule has 1 fully saturated rings. The van der Waals surface area contributed by atoms with Gasteiger partial charge in [0.1, 0.15) is 0 Å². The maximum absolute atomic E-state index is 12.5. The first-order chi connectivity index (χ1) is 12.6. The van der Waals surface area contributed by atoms with E-state index < -0.39 is 40.0 Å². The van der Waals surface area contributed by atoms with Crippen LogP contribution in [-0.4, -0.2) is 49.8 Å². The van der Waals surface area contributed by atoms with Crippen molar-refractivity contribution in [1.82, 2.24) is 9.62 Å². The van der Waals surface area contributed by atoms with Crippen molar-refractivity contribution in [2.75, 3.05) is 13.1 Å². The van der Waals surface area contributed by atoms with E-state index in [1.54, 1.807) is 13.8 Å². The van der Waals surface area contributed by atoms with E-state index in [4.69, 9.17) is 10.5 Å². The Morgan fingerprint density at radius 2 is 1.67 bits per heavy atom. The van der Waals surface area contributed by atoms with Crippen LogP contribution in [0.25, 0.3) is 0 Å². The Morgan fingerprint density at radius 3 is 2.15 bits per heavy atom. The number of sulfonamides is 1. The molecule has 0 unspecified atom stereocenters. The number of amides is 3. The van der Waals surface area contributed by atoms with E-state index in [1.807, 2.05) is 5.32 Å². The van der Waals surface area contributed by atoms with Gasteiger partial charge in [-0.3, -0.25) is 10.1 Å². The molecule has 1 heterocycles. The van der Waals surface area contributed by atoms with Crippen molar-refractivity contribution in [3.8, 4) is 0 Å². The molecule has 1 aliphatic heterocycles. The molecule has 0 aliphatic carbocycles. The Kier molecular flexibility index (Phi) is 6.55. The molecule has 10 heteroatoms. The lowest BCUT2D eigenvalue weighted by atomic mass is 10.1. The summed E-state index contributed by atoms with van der Waals surface area (Å²) in [6.07, 6.45) is 0.444. The second kappa shape index (κ2) is 8.49. The first kappa shape index (κ1) is 20.8. The van der Waals surface area contributed by atoms with Gasteiger partial charge in [-0.05, 0) is 43.0 Å². The predicted octanol–water partition coefficient (Wildman–Crippen LogP) is 0.847. The van der Waals surface area contributed by atoms with Crippen molar-refractivity contribution in [2.24, 2.45) is 11.7 Å². The standard InChI is InChI=1S/C17H23N3O6S/c1-11(2)14(15(21)19-17(18)23)26-16(22)12-5-7-13(8-6-12)27(24,25)20-9-3-4-10-20/h5-8,11,14H,3-4,9-10H2,1-2H3,(H3,18,19,21,23)/t14-/m1/s1. The van der Waals surface area contributed by atoms with Gasteiger partial charge in [-0.1, -0.05) is 13.8 Å². The minimum atomic E-state index is -3.58. The highest BCUT2D eigenvalue weighted by Crippen LogP contribution is 2.21. The fraction of sp³-hybridized carbons (Fsp3) is 0.471. The van der Waals surface area contributed by atoms with E-state index >= 15 is 0 Å². The molecule has 148 valence electrons. The summed E-state index contributed by atoms with van der Waals surface area (Å²) in [7, 11) is -3.58. The van der Waals surface area contributed by atoms with Crippen LogP contribution in [0.3, 0.4) is 0 Å². The fourth-order valence-electron chi connectivity index (χ4n) is 2.71. The van der Waals surface area contributed by atoms with E-state index in [0.717, 1.165) is 12.8 Å². The van der Waals surface area contributed by atoms with Crippen LogP contribution < -0.4 is 11.1 Å². The number of primary amides is 1. The molecule has 1 saturated heterocycles. The number of urea groups is 1. The third-order valence-electron chi connectivity index (χ3n) is 4.14. The number of hydrogen-bond acceptors (Lipinski definition) is 6. The van der Waals surface area contributed by atoms with Gasteiger partial charge in [-0.15, -0.1) is 0 Å². The third-order valence-corrected chi connectivity index (χ3v) is 6.05. The number of nitrogens with zero attached hydrogens (tertiary/aromatic N) is 1. The number of nitrogens with one attached hydrogen (secondary N) is 1. The highest BCUT2D eigenvalue weighted by atomic mass is 32.2. The summed E-state index contributed by atoms with van der Waals surface area (Å²) in [4.78, 5) is 35.1.